The summed E-state index contributed by atoms with van der Waals surface area (Å²) in [6, 6.07) is 14.5. The van der Waals surface area contributed by atoms with Gasteiger partial charge in [-0.2, -0.15) is 0 Å². The summed E-state index contributed by atoms with van der Waals surface area (Å²) in [5.74, 6) is 0.839. The monoisotopic (exact) mass is 481 g/mol. The zero-order valence-corrected chi connectivity index (χ0v) is 21.2. The molecule has 2 heterocycles. The number of carbonyl (C=O) groups excluding carboxylic acids is 2. The summed E-state index contributed by atoms with van der Waals surface area (Å²) in [5, 5.41) is 3.09. The molecule has 34 heavy (non-hydrogen) atoms. The number of piperidine rings is 1. The Bertz CT molecular complexity index is 1000. The SMILES string of the molecule is CC[C@@H]1CN(C(=O)N2CCC(C(=O)NCCc3ccc(SC)cc3)CC2)c2cc(C)ccc2O1. The average Bonchev–Trinajstić information content (AvgIpc) is 2.88. The van der Waals surface area contributed by atoms with E-state index in [0.717, 1.165) is 29.8 Å². The largest absolute Gasteiger partial charge is 0.486 e. The van der Waals surface area contributed by atoms with Crippen LogP contribution in [0.1, 0.15) is 37.3 Å². The van der Waals surface area contributed by atoms with Gasteiger partial charge < -0.3 is 15.0 Å². The average molecular weight is 482 g/mol. The van der Waals surface area contributed by atoms with Crippen LogP contribution in [0.2, 0.25) is 0 Å². The summed E-state index contributed by atoms with van der Waals surface area (Å²) >= 11 is 1.73. The van der Waals surface area contributed by atoms with Crippen molar-refractivity contribution in [1.82, 2.24) is 10.2 Å². The number of thioether (sulfide) groups is 1. The third-order valence-electron chi connectivity index (χ3n) is 6.78. The van der Waals surface area contributed by atoms with Gasteiger partial charge >= 0.3 is 6.03 Å². The zero-order chi connectivity index (χ0) is 24.1. The van der Waals surface area contributed by atoms with Crippen molar-refractivity contribution in [3.8, 4) is 5.75 Å². The van der Waals surface area contributed by atoms with E-state index in [9.17, 15) is 9.59 Å². The molecule has 0 aliphatic carbocycles. The van der Waals surface area contributed by atoms with Crippen molar-refractivity contribution in [3.63, 3.8) is 0 Å². The normalized spacial score (nSPS) is 18.3. The number of likely N-dealkylation sites (tertiary alicyclic amines) is 1. The molecular weight excluding hydrogens is 446 g/mol. The zero-order valence-electron chi connectivity index (χ0n) is 20.4. The molecule has 1 saturated heterocycles. The number of carbonyl (C=O) groups is 2. The van der Waals surface area contributed by atoms with Crippen LogP contribution in [0.3, 0.4) is 0 Å². The molecule has 2 aromatic carbocycles. The topological polar surface area (TPSA) is 61.9 Å². The van der Waals surface area contributed by atoms with Crippen molar-refractivity contribution < 1.29 is 14.3 Å². The molecule has 0 radical (unpaired) electrons. The Morgan fingerprint density at radius 1 is 1.12 bits per heavy atom. The Kier molecular flexibility index (Phi) is 8.03. The first-order valence-corrected chi connectivity index (χ1v) is 13.4. The second kappa shape index (κ2) is 11.2. The smallest absolute Gasteiger partial charge is 0.324 e. The number of hydrogen-bond acceptors (Lipinski definition) is 4. The number of nitrogens with one attached hydrogen (secondary N) is 1. The Hall–Kier alpha value is -2.67. The molecule has 2 aliphatic rings. The van der Waals surface area contributed by atoms with Crippen LogP contribution in [-0.4, -0.2) is 55.4 Å². The van der Waals surface area contributed by atoms with Gasteiger partial charge in [0.15, 0.2) is 0 Å². The van der Waals surface area contributed by atoms with Crippen molar-refractivity contribution in [2.75, 3.05) is 37.3 Å². The Balaban J connectivity index is 1.29. The Morgan fingerprint density at radius 2 is 1.85 bits per heavy atom. The minimum atomic E-state index is -0.0365. The van der Waals surface area contributed by atoms with Crippen molar-refractivity contribution in [1.29, 1.82) is 0 Å². The molecule has 0 saturated carbocycles. The van der Waals surface area contributed by atoms with E-state index >= 15 is 0 Å². The lowest BCUT2D eigenvalue weighted by atomic mass is 9.96. The molecule has 2 aliphatic heterocycles. The third kappa shape index (κ3) is 5.69. The van der Waals surface area contributed by atoms with Gasteiger partial charge in [-0.15, -0.1) is 11.8 Å². The van der Waals surface area contributed by atoms with Crippen LogP contribution >= 0.6 is 11.8 Å². The summed E-state index contributed by atoms with van der Waals surface area (Å²) in [6.07, 6.45) is 5.13. The maximum atomic E-state index is 13.4. The van der Waals surface area contributed by atoms with Gasteiger partial charge in [-0.25, -0.2) is 4.79 Å². The highest BCUT2D eigenvalue weighted by Gasteiger charge is 2.34. The van der Waals surface area contributed by atoms with Gasteiger partial charge in [-0.1, -0.05) is 25.1 Å². The molecular formula is C27H35N3O3S. The van der Waals surface area contributed by atoms with E-state index in [1.165, 1.54) is 10.5 Å². The maximum Gasteiger partial charge on any atom is 0.324 e. The molecule has 1 fully saturated rings. The fourth-order valence-corrected chi connectivity index (χ4v) is 5.03. The molecule has 6 nitrogen and oxygen atoms in total. The first-order chi connectivity index (χ1) is 16.5. The van der Waals surface area contributed by atoms with Gasteiger partial charge in [0.1, 0.15) is 11.9 Å². The highest BCUT2D eigenvalue weighted by atomic mass is 32.2. The number of benzene rings is 2. The standard InChI is InChI=1S/C27H35N3O3S/c1-4-22-18-30(24-17-19(2)5-10-25(24)33-22)27(32)29-15-12-21(13-16-29)26(31)28-14-11-20-6-8-23(34-3)9-7-20/h5-10,17,21-22H,4,11-16,18H2,1-3H3,(H,28,31)/t22-/m1/s1. The van der Waals surface area contributed by atoms with Gasteiger partial charge in [0.05, 0.1) is 12.2 Å². The lowest BCUT2D eigenvalue weighted by Gasteiger charge is -2.39. The predicted octanol–water partition coefficient (Wildman–Crippen LogP) is 4.89. The molecule has 7 heteroatoms. The minimum Gasteiger partial charge on any atom is -0.486 e. The minimum absolute atomic E-state index is 0.000553. The van der Waals surface area contributed by atoms with Gasteiger partial charge in [0.2, 0.25) is 5.91 Å². The first kappa shape index (κ1) is 24.5. The van der Waals surface area contributed by atoms with Crippen LogP contribution < -0.4 is 15.0 Å². The van der Waals surface area contributed by atoms with Crippen molar-refractivity contribution in [3.05, 3.63) is 53.6 Å². The summed E-state index contributed by atoms with van der Waals surface area (Å²) in [7, 11) is 0. The van der Waals surface area contributed by atoms with Gasteiger partial charge in [-0.05, 0) is 74.3 Å². The van der Waals surface area contributed by atoms with E-state index in [2.05, 4.69) is 42.8 Å². The van der Waals surface area contributed by atoms with E-state index in [0.29, 0.717) is 39.0 Å². The van der Waals surface area contributed by atoms with E-state index in [1.807, 2.05) is 34.9 Å². The molecule has 0 spiro atoms. The second-order valence-corrected chi connectivity index (χ2v) is 10.0. The maximum absolute atomic E-state index is 13.4. The van der Waals surface area contributed by atoms with E-state index in [1.54, 1.807) is 11.8 Å². The highest BCUT2D eigenvalue weighted by molar-refractivity contribution is 7.98. The third-order valence-corrected chi connectivity index (χ3v) is 7.52. The molecule has 1 atom stereocenters. The van der Waals surface area contributed by atoms with E-state index in [-0.39, 0.29) is 24.0 Å². The fraction of sp³-hybridized carbons (Fsp3) is 0.481. The molecule has 2 aromatic rings. The molecule has 4 rings (SSSR count). The van der Waals surface area contributed by atoms with Gasteiger partial charge in [0, 0.05) is 30.4 Å². The van der Waals surface area contributed by atoms with E-state index in [4.69, 9.17) is 4.74 Å². The number of nitrogens with zero attached hydrogens (tertiary/aromatic N) is 2. The van der Waals surface area contributed by atoms with Crippen molar-refractivity contribution in [2.45, 2.75) is 50.5 Å². The number of ether oxygens (including phenoxy) is 1. The lowest BCUT2D eigenvalue weighted by molar-refractivity contribution is -0.126. The van der Waals surface area contributed by atoms with Gasteiger partial charge in [0.25, 0.3) is 0 Å². The summed E-state index contributed by atoms with van der Waals surface area (Å²) in [4.78, 5) is 31.1. The second-order valence-electron chi connectivity index (χ2n) is 9.16. The van der Waals surface area contributed by atoms with Gasteiger partial charge in [-0.3, -0.25) is 9.69 Å². The number of aryl methyl sites for hydroxylation is 1. The summed E-state index contributed by atoms with van der Waals surface area (Å²) < 4.78 is 6.07. The van der Waals surface area contributed by atoms with Crippen LogP contribution in [-0.2, 0) is 11.2 Å². The predicted molar refractivity (Wildman–Crippen MR) is 138 cm³/mol. The van der Waals surface area contributed by atoms with Crippen molar-refractivity contribution in [2.24, 2.45) is 5.92 Å². The first-order valence-electron chi connectivity index (χ1n) is 12.2. The number of fused-ring (bicyclic) bond motifs is 1. The fourth-order valence-electron chi connectivity index (χ4n) is 4.62. The van der Waals surface area contributed by atoms with Crippen molar-refractivity contribution >= 4 is 29.4 Å². The summed E-state index contributed by atoms with van der Waals surface area (Å²) in [6.45, 7) is 6.50. The number of hydrogen-bond donors (Lipinski definition) is 1. The van der Waals surface area contributed by atoms with Crippen LogP contribution in [0.15, 0.2) is 47.4 Å². The summed E-state index contributed by atoms with van der Waals surface area (Å²) in [5.41, 5.74) is 3.18. The molecule has 0 bridgehead atoms. The van der Waals surface area contributed by atoms with Crippen LogP contribution in [0, 0.1) is 12.8 Å². The van der Waals surface area contributed by atoms with Crippen LogP contribution in [0.4, 0.5) is 10.5 Å². The van der Waals surface area contributed by atoms with Crippen LogP contribution in [0.25, 0.3) is 0 Å². The Labute approximate surface area is 207 Å². The lowest BCUT2D eigenvalue weighted by Crippen LogP contribution is -2.52. The number of anilines is 1. The van der Waals surface area contributed by atoms with E-state index < -0.39 is 0 Å². The Morgan fingerprint density at radius 3 is 2.53 bits per heavy atom. The highest BCUT2D eigenvalue weighted by Crippen LogP contribution is 2.36. The molecule has 182 valence electrons. The number of amides is 3. The molecule has 1 N–H and O–H groups in total. The molecule has 0 unspecified atom stereocenters. The number of rotatable bonds is 6. The molecule has 0 aromatic heterocycles. The van der Waals surface area contributed by atoms with Crippen LogP contribution in [0.5, 0.6) is 5.75 Å². The molecule has 3 amide bonds. The quantitative estimate of drug-likeness (QED) is 0.597. The number of urea groups is 1.